The number of hydrogen-bond acceptors (Lipinski definition) is 3. The van der Waals surface area contributed by atoms with Crippen molar-refractivity contribution in [2.75, 3.05) is 0 Å². The van der Waals surface area contributed by atoms with Crippen LogP contribution in [0.4, 0.5) is 4.39 Å². The number of carbonyl (C=O) groups excluding carboxylic acids is 1. The summed E-state index contributed by atoms with van der Waals surface area (Å²) in [5.74, 6) is -0.371. The van der Waals surface area contributed by atoms with Gasteiger partial charge in [0, 0.05) is 6.07 Å². The van der Waals surface area contributed by atoms with Gasteiger partial charge in [-0.1, -0.05) is 0 Å². The molecule has 0 radical (unpaired) electrons. The van der Waals surface area contributed by atoms with E-state index in [9.17, 15) is 9.18 Å². The number of nitrogens with zero attached hydrogens (tertiary/aromatic N) is 1. The smallest absolute Gasteiger partial charge is 0.214 e. The van der Waals surface area contributed by atoms with E-state index >= 15 is 0 Å². The number of aldehydes is 1. The summed E-state index contributed by atoms with van der Waals surface area (Å²) in [5.41, 5.74) is -0.0364. The number of aromatic nitrogens is 1. The number of ether oxygens (including phenoxy) is 1. The van der Waals surface area contributed by atoms with Crippen LogP contribution in [0.1, 0.15) is 24.2 Å². The lowest BCUT2D eigenvalue weighted by Crippen LogP contribution is -2.07. The maximum Gasteiger partial charge on any atom is 0.214 e. The Morgan fingerprint density at radius 3 is 2.85 bits per heavy atom. The molecule has 4 heteroatoms. The Morgan fingerprint density at radius 2 is 2.31 bits per heavy atom. The molecular formula is C9H10FNO2. The molecule has 0 spiro atoms. The monoisotopic (exact) mass is 183 g/mol. The third-order valence-corrected chi connectivity index (χ3v) is 1.34. The first kappa shape index (κ1) is 9.64. The predicted molar refractivity (Wildman–Crippen MR) is 45.3 cm³/mol. The van der Waals surface area contributed by atoms with Crippen LogP contribution in [0.3, 0.4) is 0 Å². The molecule has 0 saturated carbocycles. The molecule has 1 heterocycles. The van der Waals surface area contributed by atoms with Crippen LogP contribution in [-0.4, -0.2) is 17.4 Å². The van der Waals surface area contributed by atoms with Crippen LogP contribution in [-0.2, 0) is 0 Å². The fraction of sp³-hybridized carbons (Fsp3) is 0.333. The molecule has 13 heavy (non-hydrogen) atoms. The van der Waals surface area contributed by atoms with Gasteiger partial charge in [-0.05, 0) is 13.8 Å². The van der Waals surface area contributed by atoms with E-state index in [-0.39, 0.29) is 17.5 Å². The lowest BCUT2D eigenvalue weighted by molar-refractivity contribution is 0.111. The molecule has 70 valence electrons. The fourth-order valence-electron chi connectivity index (χ4n) is 0.830. The van der Waals surface area contributed by atoms with Gasteiger partial charge >= 0.3 is 0 Å². The minimum absolute atomic E-state index is 0.0364. The van der Waals surface area contributed by atoms with Gasteiger partial charge in [0.05, 0.1) is 17.9 Å². The van der Waals surface area contributed by atoms with Crippen molar-refractivity contribution >= 4 is 6.29 Å². The molecule has 0 amide bonds. The minimum Gasteiger partial charge on any atom is -0.475 e. The average Bonchev–Trinajstić information content (AvgIpc) is 2.07. The highest BCUT2D eigenvalue weighted by Crippen LogP contribution is 2.12. The first-order valence-corrected chi connectivity index (χ1v) is 3.91. The van der Waals surface area contributed by atoms with Gasteiger partial charge < -0.3 is 4.74 Å². The average molecular weight is 183 g/mol. The zero-order valence-electron chi connectivity index (χ0n) is 7.45. The van der Waals surface area contributed by atoms with Crippen molar-refractivity contribution in [2.24, 2.45) is 0 Å². The van der Waals surface area contributed by atoms with Gasteiger partial charge in [-0.15, -0.1) is 0 Å². The van der Waals surface area contributed by atoms with Crippen LogP contribution in [0.25, 0.3) is 0 Å². The Labute approximate surface area is 75.6 Å². The summed E-state index contributed by atoms with van der Waals surface area (Å²) in [4.78, 5) is 14.0. The van der Waals surface area contributed by atoms with E-state index in [0.717, 1.165) is 6.20 Å². The zero-order chi connectivity index (χ0) is 9.84. The summed E-state index contributed by atoms with van der Waals surface area (Å²) >= 11 is 0. The summed E-state index contributed by atoms with van der Waals surface area (Å²) < 4.78 is 17.9. The van der Waals surface area contributed by atoms with Gasteiger partial charge in [0.15, 0.2) is 12.1 Å². The number of rotatable bonds is 3. The maximum atomic E-state index is 12.8. The lowest BCUT2D eigenvalue weighted by Gasteiger charge is -2.08. The lowest BCUT2D eigenvalue weighted by atomic mass is 10.3. The summed E-state index contributed by atoms with van der Waals surface area (Å²) in [7, 11) is 0. The van der Waals surface area contributed by atoms with E-state index in [1.54, 1.807) is 0 Å². The Balaban J connectivity index is 2.92. The van der Waals surface area contributed by atoms with Crippen molar-refractivity contribution in [3.05, 3.63) is 23.6 Å². The molecule has 0 N–H and O–H groups in total. The summed E-state index contributed by atoms with van der Waals surface area (Å²) in [5, 5.41) is 0. The topological polar surface area (TPSA) is 39.2 Å². The highest BCUT2D eigenvalue weighted by molar-refractivity contribution is 5.75. The zero-order valence-corrected chi connectivity index (χ0v) is 7.45. The predicted octanol–water partition coefficient (Wildman–Crippen LogP) is 1.82. The highest BCUT2D eigenvalue weighted by Gasteiger charge is 2.05. The quantitative estimate of drug-likeness (QED) is 0.671. The second-order valence-electron chi connectivity index (χ2n) is 2.83. The first-order chi connectivity index (χ1) is 6.13. The van der Waals surface area contributed by atoms with Crippen LogP contribution in [0.5, 0.6) is 5.88 Å². The SMILES string of the molecule is CC(C)Oc1cc(C=O)c(F)cn1. The van der Waals surface area contributed by atoms with Gasteiger partial charge in [0.25, 0.3) is 0 Å². The first-order valence-electron chi connectivity index (χ1n) is 3.91. The molecule has 0 aliphatic rings. The van der Waals surface area contributed by atoms with Crippen molar-refractivity contribution in [2.45, 2.75) is 20.0 Å². The van der Waals surface area contributed by atoms with Crippen molar-refractivity contribution in [3.8, 4) is 5.88 Å². The highest BCUT2D eigenvalue weighted by atomic mass is 19.1. The summed E-state index contributed by atoms with van der Waals surface area (Å²) in [6.07, 6.45) is 1.36. The van der Waals surface area contributed by atoms with Gasteiger partial charge in [0.2, 0.25) is 5.88 Å². The third kappa shape index (κ3) is 2.50. The second kappa shape index (κ2) is 3.98. The molecular weight excluding hydrogens is 173 g/mol. The van der Waals surface area contributed by atoms with E-state index in [4.69, 9.17) is 4.74 Å². The number of halogens is 1. The van der Waals surface area contributed by atoms with Crippen molar-refractivity contribution in [1.29, 1.82) is 0 Å². The molecule has 0 unspecified atom stereocenters. The maximum absolute atomic E-state index is 12.8. The summed E-state index contributed by atoms with van der Waals surface area (Å²) in [6, 6.07) is 1.28. The van der Waals surface area contributed by atoms with Crippen LogP contribution >= 0.6 is 0 Å². The molecule has 0 aromatic carbocycles. The van der Waals surface area contributed by atoms with Gasteiger partial charge in [-0.25, -0.2) is 9.37 Å². The molecule has 0 saturated heterocycles. The Hall–Kier alpha value is -1.45. The molecule has 0 atom stereocenters. The van der Waals surface area contributed by atoms with Crippen LogP contribution < -0.4 is 4.74 Å². The van der Waals surface area contributed by atoms with Crippen LogP contribution in [0.15, 0.2) is 12.3 Å². The van der Waals surface area contributed by atoms with Gasteiger partial charge in [-0.2, -0.15) is 0 Å². The Morgan fingerprint density at radius 1 is 1.62 bits per heavy atom. The molecule has 0 fully saturated rings. The Bertz CT molecular complexity index is 312. The molecule has 1 aromatic heterocycles. The van der Waals surface area contributed by atoms with Gasteiger partial charge in [0.1, 0.15) is 0 Å². The molecule has 0 aliphatic carbocycles. The van der Waals surface area contributed by atoms with Crippen molar-refractivity contribution < 1.29 is 13.9 Å². The van der Waals surface area contributed by atoms with Gasteiger partial charge in [-0.3, -0.25) is 4.79 Å². The normalized spacial score (nSPS) is 10.2. The van der Waals surface area contributed by atoms with E-state index in [2.05, 4.69) is 4.98 Å². The number of carbonyl (C=O) groups is 1. The summed E-state index contributed by atoms with van der Waals surface area (Å²) in [6.45, 7) is 3.65. The Kier molecular flexibility index (Phi) is 2.95. The van der Waals surface area contributed by atoms with E-state index < -0.39 is 5.82 Å². The largest absolute Gasteiger partial charge is 0.475 e. The third-order valence-electron chi connectivity index (χ3n) is 1.34. The molecule has 0 aliphatic heterocycles. The van der Waals surface area contributed by atoms with Crippen LogP contribution in [0, 0.1) is 5.82 Å². The van der Waals surface area contributed by atoms with Crippen molar-refractivity contribution in [1.82, 2.24) is 4.98 Å². The molecule has 1 aromatic rings. The standard InChI is InChI=1S/C9H10FNO2/c1-6(2)13-9-3-7(5-12)8(10)4-11-9/h3-6H,1-2H3. The molecule has 3 nitrogen and oxygen atoms in total. The minimum atomic E-state index is -0.633. The second-order valence-corrected chi connectivity index (χ2v) is 2.83. The van der Waals surface area contributed by atoms with E-state index in [1.165, 1.54) is 6.07 Å². The van der Waals surface area contributed by atoms with Crippen LogP contribution in [0.2, 0.25) is 0 Å². The number of hydrogen-bond donors (Lipinski definition) is 0. The molecule has 1 rings (SSSR count). The van der Waals surface area contributed by atoms with E-state index in [0.29, 0.717) is 6.29 Å². The van der Waals surface area contributed by atoms with E-state index in [1.807, 2.05) is 13.8 Å². The fourth-order valence-corrected chi connectivity index (χ4v) is 0.830. The van der Waals surface area contributed by atoms with Crippen molar-refractivity contribution in [3.63, 3.8) is 0 Å². The number of pyridine rings is 1. The molecule has 0 bridgehead atoms.